The summed E-state index contributed by atoms with van der Waals surface area (Å²) in [6, 6.07) is 0.441. The molecule has 2 N–H and O–H groups in total. The highest BCUT2D eigenvalue weighted by Crippen LogP contribution is 1.99. The smallest absolute Gasteiger partial charge is 0.306 e. The third kappa shape index (κ3) is 5.85. The molecule has 3 nitrogen and oxygen atoms in total. The van der Waals surface area contributed by atoms with E-state index in [2.05, 4.69) is 5.32 Å². The van der Waals surface area contributed by atoms with Crippen LogP contribution in [0.3, 0.4) is 0 Å². The lowest BCUT2D eigenvalue weighted by Crippen LogP contribution is -2.26. The predicted molar refractivity (Wildman–Crippen MR) is 44.6 cm³/mol. The van der Waals surface area contributed by atoms with E-state index in [0.717, 1.165) is 6.54 Å². The van der Waals surface area contributed by atoms with Crippen LogP contribution in [-0.4, -0.2) is 23.7 Å². The topological polar surface area (TPSA) is 49.3 Å². The minimum absolute atomic E-state index is 0.235. The molecule has 1 unspecified atom stereocenters. The summed E-state index contributed by atoms with van der Waals surface area (Å²) < 4.78 is 0. The van der Waals surface area contributed by atoms with E-state index in [0.29, 0.717) is 12.5 Å². The summed E-state index contributed by atoms with van der Waals surface area (Å²) in [6.07, 6.45) is 0.702. The molecule has 1 atom stereocenters. The van der Waals surface area contributed by atoms with Crippen molar-refractivity contribution in [2.45, 2.75) is 33.2 Å². The third-order valence-corrected chi connectivity index (χ3v) is 1.55. The van der Waals surface area contributed by atoms with E-state index in [1.54, 1.807) is 6.92 Å². The molecule has 0 bridgehead atoms. The molecule has 0 heterocycles. The molecule has 0 saturated heterocycles. The van der Waals surface area contributed by atoms with Crippen LogP contribution in [0.5, 0.6) is 0 Å². The second-order valence-electron chi connectivity index (χ2n) is 3.14. The lowest BCUT2D eigenvalue weighted by Gasteiger charge is -2.09. The Hall–Kier alpha value is -0.570. The van der Waals surface area contributed by atoms with Crippen LogP contribution in [0, 0.1) is 5.92 Å². The standard InChI is InChI=1S/C8H17NO2/c1-6(2)9-5-4-7(3)8(10)11/h6-7,9H,4-5H2,1-3H3,(H,10,11). The number of carboxylic acid groups (broad SMARTS) is 1. The van der Waals surface area contributed by atoms with Crippen molar-refractivity contribution in [2.75, 3.05) is 6.54 Å². The minimum atomic E-state index is -0.712. The lowest BCUT2D eigenvalue weighted by atomic mass is 10.1. The molecule has 0 aromatic rings. The molecule has 3 heteroatoms. The highest BCUT2D eigenvalue weighted by molar-refractivity contribution is 5.69. The first-order valence-electron chi connectivity index (χ1n) is 4.00. The predicted octanol–water partition coefficient (Wildman–Crippen LogP) is 1.10. The first-order valence-corrected chi connectivity index (χ1v) is 4.00. The van der Waals surface area contributed by atoms with Crippen LogP contribution in [0.25, 0.3) is 0 Å². The fourth-order valence-electron chi connectivity index (χ4n) is 0.712. The highest BCUT2D eigenvalue weighted by atomic mass is 16.4. The van der Waals surface area contributed by atoms with E-state index in [4.69, 9.17) is 5.11 Å². The summed E-state index contributed by atoms with van der Waals surface area (Å²) in [6.45, 7) is 6.60. The lowest BCUT2D eigenvalue weighted by molar-refractivity contribution is -0.141. The largest absolute Gasteiger partial charge is 0.481 e. The van der Waals surface area contributed by atoms with Crippen LogP contribution in [0.4, 0.5) is 0 Å². The molecule has 0 aliphatic rings. The fourth-order valence-corrected chi connectivity index (χ4v) is 0.712. The van der Waals surface area contributed by atoms with E-state index >= 15 is 0 Å². The van der Waals surface area contributed by atoms with Crippen molar-refractivity contribution in [3.05, 3.63) is 0 Å². The minimum Gasteiger partial charge on any atom is -0.481 e. The van der Waals surface area contributed by atoms with Gasteiger partial charge in [-0.3, -0.25) is 4.79 Å². The van der Waals surface area contributed by atoms with Crippen LogP contribution in [-0.2, 0) is 4.79 Å². The molecule has 0 fully saturated rings. The van der Waals surface area contributed by atoms with Gasteiger partial charge in [0.1, 0.15) is 0 Å². The SMILES string of the molecule is CC(C)NCCC(C)C(=O)O. The van der Waals surface area contributed by atoms with Crippen molar-refractivity contribution < 1.29 is 9.90 Å². The maximum atomic E-state index is 10.3. The van der Waals surface area contributed by atoms with Crippen molar-refractivity contribution in [2.24, 2.45) is 5.92 Å². The molecule has 0 aromatic carbocycles. The average molecular weight is 159 g/mol. The van der Waals surface area contributed by atoms with E-state index < -0.39 is 5.97 Å². The van der Waals surface area contributed by atoms with Crippen LogP contribution in [0.1, 0.15) is 27.2 Å². The molecule has 0 aliphatic heterocycles. The highest BCUT2D eigenvalue weighted by Gasteiger charge is 2.09. The van der Waals surface area contributed by atoms with Crippen LogP contribution in [0.15, 0.2) is 0 Å². The molecule has 0 rings (SSSR count). The maximum Gasteiger partial charge on any atom is 0.306 e. The molecular weight excluding hydrogens is 142 g/mol. The fraction of sp³-hybridized carbons (Fsp3) is 0.875. The Morgan fingerprint density at radius 3 is 2.36 bits per heavy atom. The Balaban J connectivity index is 3.31. The maximum absolute atomic E-state index is 10.3. The van der Waals surface area contributed by atoms with Gasteiger partial charge in [0, 0.05) is 6.04 Å². The van der Waals surface area contributed by atoms with Gasteiger partial charge in [0.15, 0.2) is 0 Å². The summed E-state index contributed by atoms with van der Waals surface area (Å²) in [5.74, 6) is -0.947. The monoisotopic (exact) mass is 159 g/mol. The van der Waals surface area contributed by atoms with Crippen molar-refractivity contribution in [3.63, 3.8) is 0 Å². The zero-order chi connectivity index (χ0) is 8.85. The molecule has 0 radical (unpaired) electrons. The Morgan fingerprint density at radius 1 is 1.45 bits per heavy atom. The molecule has 0 aromatic heterocycles. The zero-order valence-electron chi connectivity index (χ0n) is 7.42. The van der Waals surface area contributed by atoms with E-state index in [9.17, 15) is 4.79 Å². The number of carboxylic acids is 1. The number of aliphatic carboxylic acids is 1. The molecule has 11 heavy (non-hydrogen) atoms. The number of hydrogen-bond acceptors (Lipinski definition) is 2. The zero-order valence-corrected chi connectivity index (χ0v) is 7.42. The Morgan fingerprint density at radius 2 is 2.00 bits per heavy atom. The van der Waals surface area contributed by atoms with Crippen molar-refractivity contribution in [1.29, 1.82) is 0 Å². The molecular formula is C8H17NO2. The van der Waals surface area contributed by atoms with Crippen molar-refractivity contribution in [3.8, 4) is 0 Å². The van der Waals surface area contributed by atoms with Gasteiger partial charge in [-0.2, -0.15) is 0 Å². The van der Waals surface area contributed by atoms with Gasteiger partial charge in [-0.15, -0.1) is 0 Å². The molecule has 0 saturated carbocycles. The van der Waals surface area contributed by atoms with Crippen LogP contribution in [0.2, 0.25) is 0 Å². The summed E-state index contributed by atoms with van der Waals surface area (Å²) in [5.41, 5.74) is 0. The normalized spacial score (nSPS) is 13.5. The quantitative estimate of drug-likeness (QED) is 0.631. The van der Waals surface area contributed by atoms with Gasteiger partial charge in [0.2, 0.25) is 0 Å². The van der Waals surface area contributed by atoms with Crippen molar-refractivity contribution >= 4 is 5.97 Å². The van der Waals surface area contributed by atoms with Crippen LogP contribution >= 0.6 is 0 Å². The number of hydrogen-bond donors (Lipinski definition) is 2. The van der Waals surface area contributed by atoms with Gasteiger partial charge in [0.05, 0.1) is 5.92 Å². The van der Waals surface area contributed by atoms with Gasteiger partial charge in [-0.05, 0) is 13.0 Å². The molecule has 0 aliphatic carbocycles. The Kier molecular flexibility index (Phi) is 4.86. The summed E-state index contributed by atoms with van der Waals surface area (Å²) >= 11 is 0. The van der Waals surface area contributed by atoms with Gasteiger partial charge < -0.3 is 10.4 Å². The Bertz CT molecular complexity index is 123. The number of carbonyl (C=O) groups is 1. The van der Waals surface area contributed by atoms with Gasteiger partial charge >= 0.3 is 5.97 Å². The van der Waals surface area contributed by atoms with E-state index in [1.807, 2.05) is 13.8 Å². The van der Waals surface area contributed by atoms with E-state index in [1.165, 1.54) is 0 Å². The molecule has 0 spiro atoms. The third-order valence-electron chi connectivity index (χ3n) is 1.55. The van der Waals surface area contributed by atoms with Gasteiger partial charge in [0.25, 0.3) is 0 Å². The second-order valence-corrected chi connectivity index (χ2v) is 3.14. The number of rotatable bonds is 5. The molecule has 66 valence electrons. The first-order chi connectivity index (χ1) is 5.04. The summed E-state index contributed by atoms with van der Waals surface area (Å²) in [4.78, 5) is 10.3. The summed E-state index contributed by atoms with van der Waals surface area (Å²) in [5, 5.41) is 11.7. The number of nitrogens with one attached hydrogen (secondary N) is 1. The van der Waals surface area contributed by atoms with E-state index in [-0.39, 0.29) is 5.92 Å². The molecule has 0 amide bonds. The second kappa shape index (κ2) is 5.13. The van der Waals surface area contributed by atoms with Gasteiger partial charge in [-0.1, -0.05) is 20.8 Å². The Labute approximate surface area is 67.8 Å². The average Bonchev–Trinajstić information content (AvgIpc) is 1.86. The summed E-state index contributed by atoms with van der Waals surface area (Å²) in [7, 11) is 0. The van der Waals surface area contributed by atoms with Crippen LogP contribution < -0.4 is 5.32 Å². The van der Waals surface area contributed by atoms with Gasteiger partial charge in [-0.25, -0.2) is 0 Å². The first kappa shape index (κ1) is 10.4. The van der Waals surface area contributed by atoms with Crippen molar-refractivity contribution in [1.82, 2.24) is 5.32 Å².